The van der Waals surface area contributed by atoms with Crippen LogP contribution in [0.4, 0.5) is 0 Å². The van der Waals surface area contributed by atoms with Crippen LogP contribution < -0.4 is 0 Å². The second-order valence-electron chi connectivity index (χ2n) is 2.86. The van der Waals surface area contributed by atoms with Gasteiger partial charge in [0.05, 0.1) is 7.11 Å². The van der Waals surface area contributed by atoms with Gasteiger partial charge in [0.25, 0.3) is 0 Å². The molecule has 0 saturated carbocycles. The number of rotatable bonds is 2. The first kappa shape index (κ1) is 12.9. The fourth-order valence-electron chi connectivity index (χ4n) is 1.07. The summed E-state index contributed by atoms with van der Waals surface area (Å²) in [5, 5.41) is 8.78. The fourth-order valence-corrected chi connectivity index (χ4v) is 2.40. The normalized spacial score (nSPS) is 10.8. The number of carbonyl (C=O) groups is 1. The second-order valence-corrected chi connectivity index (χ2v) is 4.70. The standard InChI is InChI=1S/C11H7Br2NO2/c1-16-11(15)8(6-14)2-7-3-9(12)5-10(13)4-7/h2-5H,1H3. The Morgan fingerprint density at radius 1 is 1.38 bits per heavy atom. The fraction of sp³-hybridized carbons (Fsp3) is 0.0909. The number of nitrogens with zero attached hydrogens (tertiary/aromatic N) is 1. The molecular weight excluding hydrogens is 338 g/mol. The van der Waals surface area contributed by atoms with Gasteiger partial charge in [-0.15, -0.1) is 0 Å². The average molecular weight is 345 g/mol. The molecule has 0 unspecified atom stereocenters. The SMILES string of the molecule is COC(=O)C(C#N)=Cc1cc(Br)cc(Br)c1. The van der Waals surface area contributed by atoms with E-state index >= 15 is 0 Å². The molecule has 5 heteroatoms. The minimum Gasteiger partial charge on any atom is -0.465 e. The Hall–Kier alpha value is -1.12. The zero-order valence-electron chi connectivity index (χ0n) is 8.33. The summed E-state index contributed by atoms with van der Waals surface area (Å²) < 4.78 is 6.20. The maximum atomic E-state index is 11.2. The van der Waals surface area contributed by atoms with E-state index in [2.05, 4.69) is 36.6 Å². The van der Waals surface area contributed by atoms with Crippen molar-refractivity contribution in [1.29, 1.82) is 5.26 Å². The zero-order chi connectivity index (χ0) is 12.1. The maximum absolute atomic E-state index is 11.2. The Balaban J connectivity index is 3.15. The minimum absolute atomic E-state index is 0.0347. The number of methoxy groups -OCH3 is 1. The number of halogens is 2. The van der Waals surface area contributed by atoms with E-state index in [0.29, 0.717) is 0 Å². The molecule has 0 N–H and O–H groups in total. The highest BCUT2D eigenvalue weighted by atomic mass is 79.9. The van der Waals surface area contributed by atoms with E-state index in [1.54, 1.807) is 18.2 Å². The number of esters is 1. The van der Waals surface area contributed by atoms with Gasteiger partial charge in [-0.1, -0.05) is 31.9 Å². The molecule has 82 valence electrons. The van der Waals surface area contributed by atoms with Crippen molar-refractivity contribution < 1.29 is 9.53 Å². The summed E-state index contributed by atoms with van der Waals surface area (Å²) in [4.78, 5) is 11.2. The highest BCUT2D eigenvalue weighted by molar-refractivity contribution is 9.11. The number of ether oxygens (including phenoxy) is 1. The van der Waals surface area contributed by atoms with Gasteiger partial charge in [-0.3, -0.25) is 0 Å². The van der Waals surface area contributed by atoms with Crippen molar-refractivity contribution in [2.75, 3.05) is 7.11 Å². The topological polar surface area (TPSA) is 50.1 Å². The zero-order valence-corrected chi connectivity index (χ0v) is 11.5. The van der Waals surface area contributed by atoms with E-state index in [0.717, 1.165) is 14.5 Å². The predicted octanol–water partition coefficient (Wildman–Crippen LogP) is 3.29. The van der Waals surface area contributed by atoms with Gasteiger partial charge in [0.2, 0.25) is 0 Å². The molecule has 0 aromatic heterocycles. The Morgan fingerprint density at radius 3 is 2.38 bits per heavy atom. The van der Waals surface area contributed by atoms with Crippen LogP contribution in [0.1, 0.15) is 5.56 Å². The van der Waals surface area contributed by atoms with Crippen LogP contribution in [-0.4, -0.2) is 13.1 Å². The lowest BCUT2D eigenvalue weighted by Gasteiger charge is -1.99. The largest absolute Gasteiger partial charge is 0.465 e. The summed E-state index contributed by atoms with van der Waals surface area (Å²) in [6, 6.07) is 7.25. The van der Waals surface area contributed by atoms with Crippen molar-refractivity contribution >= 4 is 43.9 Å². The molecule has 3 nitrogen and oxygen atoms in total. The maximum Gasteiger partial charge on any atom is 0.348 e. The number of benzene rings is 1. The van der Waals surface area contributed by atoms with Crippen LogP contribution in [0.2, 0.25) is 0 Å². The number of nitriles is 1. The first-order chi connectivity index (χ1) is 7.56. The van der Waals surface area contributed by atoms with Crippen molar-refractivity contribution in [3.8, 4) is 6.07 Å². The van der Waals surface area contributed by atoms with Crippen molar-refractivity contribution in [2.24, 2.45) is 0 Å². The molecule has 0 spiro atoms. The van der Waals surface area contributed by atoms with Gasteiger partial charge in [0.15, 0.2) is 0 Å². The van der Waals surface area contributed by atoms with Gasteiger partial charge in [-0.05, 0) is 29.8 Å². The highest BCUT2D eigenvalue weighted by Gasteiger charge is 2.08. The molecule has 1 aromatic rings. The third kappa shape index (κ3) is 3.47. The summed E-state index contributed by atoms with van der Waals surface area (Å²) in [5.74, 6) is -0.640. The van der Waals surface area contributed by atoms with E-state index in [1.165, 1.54) is 13.2 Å². The highest BCUT2D eigenvalue weighted by Crippen LogP contribution is 2.21. The summed E-state index contributed by atoms with van der Waals surface area (Å²) in [6.45, 7) is 0. The van der Waals surface area contributed by atoms with Gasteiger partial charge in [0, 0.05) is 8.95 Å². The van der Waals surface area contributed by atoms with Crippen molar-refractivity contribution in [2.45, 2.75) is 0 Å². The van der Waals surface area contributed by atoms with Crippen LogP contribution in [0.15, 0.2) is 32.7 Å². The van der Waals surface area contributed by atoms with Crippen LogP contribution in [0, 0.1) is 11.3 Å². The summed E-state index contributed by atoms with van der Waals surface area (Å²) in [5.41, 5.74) is 0.704. The Bertz CT molecular complexity index is 469. The third-order valence-electron chi connectivity index (χ3n) is 1.72. The Kier molecular flexibility index (Phi) is 4.71. The molecule has 0 aliphatic carbocycles. The van der Waals surface area contributed by atoms with Crippen LogP contribution in [-0.2, 0) is 9.53 Å². The first-order valence-electron chi connectivity index (χ1n) is 4.23. The van der Waals surface area contributed by atoms with Gasteiger partial charge in [0.1, 0.15) is 11.6 Å². The molecule has 1 aromatic carbocycles. The second kappa shape index (κ2) is 5.83. The van der Waals surface area contributed by atoms with E-state index in [4.69, 9.17) is 5.26 Å². The van der Waals surface area contributed by atoms with Crippen LogP contribution in [0.5, 0.6) is 0 Å². The van der Waals surface area contributed by atoms with Gasteiger partial charge >= 0.3 is 5.97 Å². The Labute approximate surface area is 110 Å². The molecule has 0 bridgehead atoms. The average Bonchev–Trinajstić information content (AvgIpc) is 2.23. The molecule has 0 fully saturated rings. The quantitative estimate of drug-likeness (QED) is 0.470. The van der Waals surface area contributed by atoms with Gasteiger partial charge < -0.3 is 4.74 Å². The molecule has 0 aliphatic heterocycles. The molecule has 0 heterocycles. The molecule has 0 atom stereocenters. The van der Waals surface area contributed by atoms with Gasteiger partial charge in [-0.2, -0.15) is 5.26 Å². The van der Waals surface area contributed by atoms with E-state index in [1.807, 2.05) is 6.07 Å². The summed E-state index contributed by atoms with van der Waals surface area (Å²) in [6.07, 6.45) is 1.47. The van der Waals surface area contributed by atoms with Crippen molar-refractivity contribution in [3.63, 3.8) is 0 Å². The molecule has 0 saturated heterocycles. The molecule has 0 aliphatic rings. The summed E-state index contributed by atoms with van der Waals surface area (Å²) in [7, 11) is 1.24. The predicted molar refractivity (Wildman–Crippen MR) is 67.4 cm³/mol. The van der Waals surface area contributed by atoms with Crippen LogP contribution >= 0.6 is 31.9 Å². The lowest BCUT2D eigenvalue weighted by molar-refractivity contribution is -0.135. The molecule has 0 amide bonds. The lowest BCUT2D eigenvalue weighted by Crippen LogP contribution is -2.02. The first-order valence-corrected chi connectivity index (χ1v) is 5.81. The van der Waals surface area contributed by atoms with E-state index < -0.39 is 5.97 Å². The van der Waals surface area contributed by atoms with E-state index in [-0.39, 0.29) is 5.57 Å². The molecular formula is C11H7Br2NO2. The number of hydrogen-bond donors (Lipinski definition) is 0. The summed E-state index contributed by atoms with van der Waals surface area (Å²) >= 11 is 6.64. The molecule has 16 heavy (non-hydrogen) atoms. The van der Waals surface area contributed by atoms with Crippen molar-refractivity contribution in [3.05, 3.63) is 38.3 Å². The van der Waals surface area contributed by atoms with Crippen LogP contribution in [0.3, 0.4) is 0 Å². The van der Waals surface area contributed by atoms with Crippen LogP contribution in [0.25, 0.3) is 6.08 Å². The Morgan fingerprint density at radius 2 is 1.94 bits per heavy atom. The van der Waals surface area contributed by atoms with E-state index in [9.17, 15) is 4.79 Å². The smallest absolute Gasteiger partial charge is 0.348 e. The lowest BCUT2D eigenvalue weighted by atomic mass is 10.1. The third-order valence-corrected chi connectivity index (χ3v) is 2.64. The minimum atomic E-state index is -0.640. The van der Waals surface area contributed by atoms with Crippen molar-refractivity contribution in [1.82, 2.24) is 0 Å². The number of hydrogen-bond acceptors (Lipinski definition) is 3. The van der Waals surface area contributed by atoms with Gasteiger partial charge in [-0.25, -0.2) is 4.79 Å². The monoisotopic (exact) mass is 343 g/mol. The molecule has 1 rings (SSSR count). The molecule has 0 radical (unpaired) electrons. The number of carbonyl (C=O) groups excluding carboxylic acids is 1.